The topological polar surface area (TPSA) is 66.4 Å². The third kappa shape index (κ3) is 9.79. The van der Waals surface area contributed by atoms with E-state index >= 15 is 0 Å². The van der Waals surface area contributed by atoms with E-state index in [0.717, 1.165) is 0 Å². The highest BCUT2D eigenvalue weighted by Crippen LogP contribution is 2.04. The van der Waals surface area contributed by atoms with Crippen molar-refractivity contribution < 1.29 is 13.0 Å². The molecule has 1 atom stereocenters. The monoisotopic (exact) mass is 209 g/mol. The van der Waals surface area contributed by atoms with Gasteiger partial charge in [0.2, 0.25) is 0 Å². The highest BCUT2D eigenvalue weighted by molar-refractivity contribution is 7.85. The normalized spacial score (nSPS) is 15.8. The van der Waals surface area contributed by atoms with E-state index < -0.39 is 10.1 Å². The summed E-state index contributed by atoms with van der Waals surface area (Å²) in [6.07, 6.45) is 0.427. The summed E-state index contributed by atoms with van der Waals surface area (Å²) in [6, 6.07) is 0.0851. The Morgan fingerprint density at radius 2 is 1.85 bits per heavy atom. The molecule has 4 nitrogen and oxygen atoms in total. The summed E-state index contributed by atoms with van der Waals surface area (Å²) in [7, 11) is -3.81. The van der Waals surface area contributed by atoms with Gasteiger partial charge >= 0.3 is 0 Å². The van der Waals surface area contributed by atoms with Gasteiger partial charge in [-0.25, -0.2) is 0 Å². The molecule has 0 spiro atoms. The van der Waals surface area contributed by atoms with Gasteiger partial charge in [0.15, 0.2) is 0 Å². The maximum absolute atomic E-state index is 10.4. The minimum absolute atomic E-state index is 0.0291. The summed E-state index contributed by atoms with van der Waals surface area (Å²) in [4.78, 5) is 0. The maximum atomic E-state index is 10.4. The third-order valence-corrected chi connectivity index (χ3v) is 2.24. The lowest BCUT2D eigenvalue weighted by molar-refractivity contribution is 0.364. The van der Waals surface area contributed by atoms with Crippen molar-refractivity contribution in [2.45, 2.75) is 45.7 Å². The fraction of sp³-hybridized carbons (Fsp3) is 1.00. The van der Waals surface area contributed by atoms with Crippen LogP contribution in [0.3, 0.4) is 0 Å². The summed E-state index contributed by atoms with van der Waals surface area (Å²) in [5.74, 6) is -0.183. The van der Waals surface area contributed by atoms with Crippen molar-refractivity contribution in [2.75, 3.05) is 5.75 Å². The van der Waals surface area contributed by atoms with Crippen molar-refractivity contribution in [1.82, 2.24) is 5.32 Å². The molecule has 2 N–H and O–H groups in total. The molecular weight excluding hydrogens is 190 g/mol. The van der Waals surface area contributed by atoms with Crippen molar-refractivity contribution in [2.24, 2.45) is 0 Å². The molecule has 0 aromatic heterocycles. The van der Waals surface area contributed by atoms with Crippen molar-refractivity contribution >= 4 is 10.1 Å². The molecule has 0 rings (SSSR count). The van der Waals surface area contributed by atoms with Crippen LogP contribution in [-0.2, 0) is 10.1 Å². The van der Waals surface area contributed by atoms with Crippen LogP contribution >= 0.6 is 0 Å². The van der Waals surface area contributed by atoms with E-state index in [-0.39, 0.29) is 17.3 Å². The van der Waals surface area contributed by atoms with E-state index in [1.54, 1.807) is 0 Å². The fourth-order valence-corrected chi connectivity index (χ4v) is 1.79. The second-order valence-electron chi connectivity index (χ2n) is 4.37. The molecule has 0 amide bonds. The highest BCUT2D eigenvalue weighted by Gasteiger charge is 2.15. The Morgan fingerprint density at radius 1 is 1.38 bits per heavy atom. The maximum Gasteiger partial charge on any atom is 0.264 e. The minimum atomic E-state index is -3.81. The average Bonchev–Trinajstić information content (AvgIpc) is 1.78. The molecule has 0 aromatic carbocycles. The molecule has 0 saturated heterocycles. The summed E-state index contributed by atoms with van der Waals surface area (Å²) < 4.78 is 29.4. The molecule has 1 unspecified atom stereocenters. The summed E-state index contributed by atoms with van der Waals surface area (Å²) in [6.45, 7) is 7.93. The summed E-state index contributed by atoms with van der Waals surface area (Å²) in [5.41, 5.74) is -0.0291. The lowest BCUT2D eigenvalue weighted by Gasteiger charge is -2.25. The molecule has 0 aliphatic heterocycles. The van der Waals surface area contributed by atoms with Crippen LogP contribution in [0.15, 0.2) is 0 Å². The van der Waals surface area contributed by atoms with Gasteiger partial charge in [0.25, 0.3) is 10.1 Å². The number of nitrogens with one attached hydrogen (secondary N) is 1. The van der Waals surface area contributed by atoms with Crippen molar-refractivity contribution in [3.05, 3.63) is 0 Å². The Bertz CT molecular complexity index is 241. The molecule has 0 radical (unpaired) electrons. The van der Waals surface area contributed by atoms with Crippen LogP contribution in [0.5, 0.6) is 0 Å². The van der Waals surface area contributed by atoms with E-state index in [9.17, 15) is 8.42 Å². The molecule has 13 heavy (non-hydrogen) atoms. The van der Waals surface area contributed by atoms with Gasteiger partial charge in [-0.15, -0.1) is 0 Å². The molecule has 0 fully saturated rings. The molecule has 0 aromatic rings. The first-order valence-electron chi connectivity index (χ1n) is 4.33. The first-order valence-corrected chi connectivity index (χ1v) is 5.94. The van der Waals surface area contributed by atoms with Gasteiger partial charge in [0.1, 0.15) is 0 Å². The van der Waals surface area contributed by atoms with Crippen LogP contribution in [-0.4, -0.2) is 30.3 Å². The first kappa shape index (κ1) is 12.9. The van der Waals surface area contributed by atoms with Crippen LogP contribution in [0.25, 0.3) is 0 Å². The van der Waals surface area contributed by atoms with Crippen molar-refractivity contribution in [3.63, 3.8) is 0 Å². The molecule has 5 heteroatoms. The van der Waals surface area contributed by atoms with Gasteiger partial charge in [-0.3, -0.25) is 4.55 Å². The largest absolute Gasteiger partial charge is 0.310 e. The van der Waals surface area contributed by atoms with Gasteiger partial charge < -0.3 is 5.32 Å². The second-order valence-corrected chi connectivity index (χ2v) is 5.94. The van der Waals surface area contributed by atoms with Gasteiger partial charge in [-0.1, -0.05) is 0 Å². The number of hydrogen-bond acceptors (Lipinski definition) is 3. The Labute approximate surface area is 80.5 Å². The van der Waals surface area contributed by atoms with E-state index in [0.29, 0.717) is 6.42 Å². The van der Waals surface area contributed by atoms with E-state index in [4.69, 9.17) is 4.55 Å². The van der Waals surface area contributed by atoms with Crippen molar-refractivity contribution in [3.8, 4) is 0 Å². The molecular formula is C8H19NO3S. The Hall–Kier alpha value is -0.130. The van der Waals surface area contributed by atoms with Crippen LogP contribution in [0.2, 0.25) is 0 Å². The molecule has 0 bridgehead atoms. The van der Waals surface area contributed by atoms with Crippen LogP contribution < -0.4 is 5.32 Å². The van der Waals surface area contributed by atoms with Crippen molar-refractivity contribution in [1.29, 1.82) is 0 Å². The summed E-state index contributed by atoms with van der Waals surface area (Å²) >= 11 is 0. The standard InChI is InChI=1S/C8H19NO3S/c1-7(9-8(2,3)4)5-6-13(10,11)12/h7,9H,5-6H2,1-4H3,(H,10,11,12). The number of rotatable bonds is 4. The smallest absolute Gasteiger partial charge is 0.264 e. The van der Waals surface area contributed by atoms with E-state index in [1.165, 1.54) is 0 Å². The van der Waals surface area contributed by atoms with E-state index in [1.807, 2.05) is 27.7 Å². The van der Waals surface area contributed by atoms with Crippen LogP contribution in [0.1, 0.15) is 34.1 Å². The predicted molar refractivity (Wildman–Crippen MR) is 53.4 cm³/mol. The average molecular weight is 209 g/mol. The molecule has 0 saturated carbocycles. The van der Waals surface area contributed by atoms with Gasteiger partial charge in [0, 0.05) is 11.6 Å². The quantitative estimate of drug-likeness (QED) is 0.679. The van der Waals surface area contributed by atoms with Gasteiger partial charge in [-0.05, 0) is 34.1 Å². The fourth-order valence-electron chi connectivity index (χ4n) is 1.14. The summed E-state index contributed by atoms with van der Waals surface area (Å²) in [5, 5.41) is 3.22. The SMILES string of the molecule is CC(CCS(=O)(=O)O)NC(C)(C)C. The number of hydrogen-bond donors (Lipinski definition) is 2. The predicted octanol–water partition coefficient (Wildman–Crippen LogP) is 1.04. The Balaban J connectivity index is 3.84. The molecule has 0 heterocycles. The second kappa shape index (κ2) is 4.39. The van der Waals surface area contributed by atoms with Crippen LogP contribution in [0.4, 0.5) is 0 Å². The van der Waals surface area contributed by atoms with E-state index in [2.05, 4.69) is 5.32 Å². The first-order chi connectivity index (χ1) is 5.60. The van der Waals surface area contributed by atoms with Crippen LogP contribution in [0, 0.1) is 0 Å². The Kier molecular flexibility index (Phi) is 4.35. The Morgan fingerprint density at radius 3 is 2.15 bits per heavy atom. The lowest BCUT2D eigenvalue weighted by atomic mass is 10.1. The highest BCUT2D eigenvalue weighted by atomic mass is 32.2. The van der Waals surface area contributed by atoms with Gasteiger partial charge in [-0.2, -0.15) is 8.42 Å². The lowest BCUT2D eigenvalue weighted by Crippen LogP contribution is -2.42. The molecule has 0 aliphatic rings. The zero-order valence-electron chi connectivity index (χ0n) is 8.66. The zero-order chi connectivity index (χ0) is 10.7. The third-order valence-electron chi connectivity index (χ3n) is 1.49. The minimum Gasteiger partial charge on any atom is -0.310 e. The molecule has 0 aliphatic carbocycles. The van der Waals surface area contributed by atoms with Gasteiger partial charge in [0.05, 0.1) is 5.75 Å². The molecule has 80 valence electrons. The zero-order valence-corrected chi connectivity index (χ0v) is 9.48.